The van der Waals surface area contributed by atoms with Gasteiger partial charge in [0, 0.05) is 15.2 Å². The minimum absolute atomic E-state index is 0.0211. The molecule has 8 heteroatoms. The third-order valence-corrected chi connectivity index (χ3v) is 4.43. The number of fused-ring (bicyclic) bond motifs is 1. The highest BCUT2D eigenvalue weighted by Crippen LogP contribution is 2.29. The normalized spacial score (nSPS) is 12.2. The molecule has 2 aromatic rings. The third kappa shape index (κ3) is 2.20. The lowest BCUT2D eigenvalue weighted by atomic mass is 10.3. The zero-order chi connectivity index (χ0) is 11.2. The number of imidazole rings is 1. The van der Waals surface area contributed by atoms with Crippen molar-refractivity contribution in [3.63, 3.8) is 0 Å². The van der Waals surface area contributed by atoms with Gasteiger partial charge >= 0.3 is 0 Å². The van der Waals surface area contributed by atoms with Gasteiger partial charge in [0.15, 0.2) is 4.73 Å². The summed E-state index contributed by atoms with van der Waals surface area (Å²) < 4.78 is 23.3. The monoisotopic (exact) mass is 372 g/mol. The molecule has 4 nitrogen and oxygen atoms in total. The van der Waals surface area contributed by atoms with E-state index in [4.69, 9.17) is 10.7 Å². The minimum atomic E-state index is -3.75. The maximum absolute atomic E-state index is 11.2. The Kier molecular flexibility index (Phi) is 2.83. The first kappa shape index (κ1) is 11.4. The molecule has 0 amide bonds. The van der Waals surface area contributed by atoms with Crippen LogP contribution >= 0.6 is 42.5 Å². The SMILES string of the molecule is O=S(=O)(Cl)c1cc2[nH]c(Br)nc2cc1Br. The summed E-state index contributed by atoms with van der Waals surface area (Å²) in [6.07, 6.45) is 0. The number of hydrogen-bond donors (Lipinski definition) is 1. The summed E-state index contributed by atoms with van der Waals surface area (Å²) in [7, 11) is 1.51. The number of aromatic nitrogens is 2. The van der Waals surface area contributed by atoms with Crippen molar-refractivity contribution in [3.8, 4) is 0 Å². The van der Waals surface area contributed by atoms with Gasteiger partial charge in [0.2, 0.25) is 0 Å². The van der Waals surface area contributed by atoms with E-state index in [0.717, 1.165) is 0 Å². The molecule has 80 valence electrons. The number of H-pyrrole nitrogens is 1. The van der Waals surface area contributed by atoms with E-state index in [9.17, 15) is 8.42 Å². The van der Waals surface area contributed by atoms with E-state index >= 15 is 0 Å². The fraction of sp³-hybridized carbons (Fsp3) is 0. The molecule has 2 rings (SSSR count). The highest BCUT2D eigenvalue weighted by molar-refractivity contribution is 9.10. The number of rotatable bonds is 1. The Bertz CT molecular complexity index is 638. The van der Waals surface area contributed by atoms with Gasteiger partial charge in [-0.1, -0.05) is 0 Å². The lowest BCUT2D eigenvalue weighted by molar-refractivity contribution is 0.609. The number of hydrogen-bond acceptors (Lipinski definition) is 3. The van der Waals surface area contributed by atoms with Crippen molar-refractivity contribution in [2.45, 2.75) is 4.90 Å². The first-order valence-electron chi connectivity index (χ1n) is 3.67. The first-order chi connectivity index (χ1) is 6.88. The minimum Gasteiger partial charge on any atom is -0.332 e. The maximum Gasteiger partial charge on any atom is 0.262 e. The lowest BCUT2D eigenvalue weighted by Crippen LogP contribution is -1.92. The predicted octanol–water partition coefficient (Wildman–Crippen LogP) is 3.02. The van der Waals surface area contributed by atoms with E-state index in [-0.39, 0.29) is 4.90 Å². The van der Waals surface area contributed by atoms with Crippen LogP contribution in [0.3, 0.4) is 0 Å². The molecular weight excluding hydrogens is 371 g/mol. The molecule has 1 aromatic heterocycles. The molecule has 0 saturated heterocycles. The molecule has 0 atom stereocenters. The third-order valence-electron chi connectivity index (χ3n) is 1.77. The van der Waals surface area contributed by atoms with Gasteiger partial charge in [-0.15, -0.1) is 0 Å². The van der Waals surface area contributed by atoms with Crippen molar-refractivity contribution >= 4 is 62.6 Å². The molecule has 0 aliphatic carbocycles. The quantitative estimate of drug-likeness (QED) is 0.781. The highest BCUT2D eigenvalue weighted by Gasteiger charge is 2.16. The zero-order valence-electron chi connectivity index (χ0n) is 6.96. The summed E-state index contributed by atoms with van der Waals surface area (Å²) in [5, 5.41) is 0. The fourth-order valence-electron chi connectivity index (χ4n) is 1.17. The molecule has 15 heavy (non-hydrogen) atoms. The van der Waals surface area contributed by atoms with Crippen LogP contribution < -0.4 is 0 Å². The predicted molar refractivity (Wildman–Crippen MR) is 64.5 cm³/mol. The molecule has 0 unspecified atom stereocenters. The van der Waals surface area contributed by atoms with Crippen LogP contribution in [0.4, 0.5) is 0 Å². The maximum atomic E-state index is 11.2. The number of nitrogens with zero attached hydrogens (tertiary/aromatic N) is 1. The molecule has 1 N–H and O–H groups in total. The zero-order valence-corrected chi connectivity index (χ0v) is 11.7. The van der Waals surface area contributed by atoms with Crippen molar-refractivity contribution in [2.75, 3.05) is 0 Å². The van der Waals surface area contributed by atoms with Crippen LogP contribution in [-0.2, 0) is 9.05 Å². The second kappa shape index (κ2) is 3.73. The summed E-state index contributed by atoms with van der Waals surface area (Å²) in [6.45, 7) is 0. The fourth-order valence-corrected chi connectivity index (χ4v) is 3.76. The second-order valence-electron chi connectivity index (χ2n) is 2.77. The molecule has 0 aliphatic heterocycles. The first-order valence-corrected chi connectivity index (χ1v) is 7.57. The average molecular weight is 374 g/mol. The molecule has 0 radical (unpaired) electrons. The molecule has 0 fully saturated rings. The molecule has 1 aromatic carbocycles. The Morgan fingerprint density at radius 2 is 2.00 bits per heavy atom. The van der Waals surface area contributed by atoms with Crippen LogP contribution in [0, 0.1) is 0 Å². The molecular formula is C7H3Br2ClN2O2S. The van der Waals surface area contributed by atoms with Crippen LogP contribution in [0.15, 0.2) is 26.2 Å². The van der Waals surface area contributed by atoms with Gasteiger partial charge in [0.05, 0.1) is 15.9 Å². The Morgan fingerprint density at radius 1 is 1.33 bits per heavy atom. The molecule has 1 heterocycles. The van der Waals surface area contributed by atoms with Gasteiger partial charge in [-0.25, -0.2) is 13.4 Å². The van der Waals surface area contributed by atoms with Gasteiger partial charge in [-0.05, 0) is 44.0 Å². The second-order valence-corrected chi connectivity index (χ2v) is 6.91. The van der Waals surface area contributed by atoms with Crippen LogP contribution in [0.1, 0.15) is 0 Å². The van der Waals surface area contributed by atoms with Gasteiger partial charge in [0.25, 0.3) is 9.05 Å². The average Bonchev–Trinajstić information content (AvgIpc) is 2.40. The van der Waals surface area contributed by atoms with Gasteiger partial charge < -0.3 is 4.98 Å². The van der Waals surface area contributed by atoms with Crippen LogP contribution in [0.2, 0.25) is 0 Å². The summed E-state index contributed by atoms with van der Waals surface area (Å²) >= 11 is 6.29. The summed E-state index contributed by atoms with van der Waals surface area (Å²) in [5.74, 6) is 0. The Morgan fingerprint density at radius 3 is 2.60 bits per heavy atom. The molecule has 0 aliphatic rings. The summed E-state index contributed by atoms with van der Waals surface area (Å²) in [6, 6.07) is 3.02. The van der Waals surface area contributed by atoms with Crippen molar-refractivity contribution < 1.29 is 8.42 Å². The number of nitrogens with one attached hydrogen (secondary N) is 1. The van der Waals surface area contributed by atoms with E-state index < -0.39 is 9.05 Å². The molecule has 0 spiro atoms. The van der Waals surface area contributed by atoms with Crippen molar-refractivity contribution in [2.24, 2.45) is 0 Å². The van der Waals surface area contributed by atoms with E-state index in [0.29, 0.717) is 20.2 Å². The van der Waals surface area contributed by atoms with Crippen molar-refractivity contribution in [1.29, 1.82) is 0 Å². The lowest BCUT2D eigenvalue weighted by Gasteiger charge is -1.99. The van der Waals surface area contributed by atoms with E-state index in [1.165, 1.54) is 6.07 Å². The van der Waals surface area contributed by atoms with E-state index in [2.05, 4.69) is 41.8 Å². The number of benzene rings is 1. The smallest absolute Gasteiger partial charge is 0.262 e. The largest absolute Gasteiger partial charge is 0.332 e. The van der Waals surface area contributed by atoms with Crippen molar-refractivity contribution in [3.05, 3.63) is 21.3 Å². The Hall–Kier alpha value is -0.110. The Balaban J connectivity index is 2.83. The number of halogens is 3. The van der Waals surface area contributed by atoms with Gasteiger partial charge in [0.1, 0.15) is 0 Å². The number of aromatic amines is 1. The Labute approximate surface area is 107 Å². The molecule has 0 bridgehead atoms. The summed E-state index contributed by atoms with van der Waals surface area (Å²) in [4.78, 5) is 6.97. The van der Waals surface area contributed by atoms with Crippen LogP contribution in [0.5, 0.6) is 0 Å². The van der Waals surface area contributed by atoms with Crippen LogP contribution in [-0.4, -0.2) is 18.4 Å². The van der Waals surface area contributed by atoms with Crippen LogP contribution in [0.25, 0.3) is 11.0 Å². The molecule has 0 saturated carbocycles. The van der Waals surface area contributed by atoms with Gasteiger partial charge in [-0.2, -0.15) is 0 Å². The van der Waals surface area contributed by atoms with Crippen molar-refractivity contribution in [1.82, 2.24) is 9.97 Å². The van der Waals surface area contributed by atoms with E-state index in [1.54, 1.807) is 6.07 Å². The topological polar surface area (TPSA) is 62.8 Å². The highest BCUT2D eigenvalue weighted by atomic mass is 79.9. The standard InChI is InChI=1S/C7H3Br2ClN2O2S/c8-3-1-4-5(12-7(9)11-4)2-6(3)15(10,13)14/h1-2H,(H,11,12). The van der Waals surface area contributed by atoms with Gasteiger partial charge in [-0.3, -0.25) is 0 Å². The summed E-state index contributed by atoms with van der Waals surface area (Å²) in [5.41, 5.74) is 1.25. The van der Waals surface area contributed by atoms with E-state index in [1.807, 2.05) is 0 Å².